The van der Waals surface area contributed by atoms with Crippen LogP contribution >= 0.6 is 0 Å². The molecule has 0 radical (unpaired) electrons. The van der Waals surface area contributed by atoms with Crippen molar-refractivity contribution in [2.75, 3.05) is 25.5 Å². The Morgan fingerprint density at radius 2 is 1.85 bits per heavy atom. The van der Waals surface area contributed by atoms with Gasteiger partial charge in [0.25, 0.3) is 0 Å². The smallest absolute Gasteiger partial charge is 0.321 e. The van der Waals surface area contributed by atoms with Crippen LogP contribution in [0.1, 0.15) is 0 Å². The van der Waals surface area contributed by atoms with E-state index in [1.807, 2.05) is 53.4 Å². The molecule has 1 aromatic heterocycles. The molecule has 26 heavy (non-hydrogen) atoms. The molecule has 1 heterocycles. The van der Waals surface area contributed by atoms with Gasteiger partial charge in [0, 0.05) is 30.8 Å². The Morgan fingerprint density at radius 3 is 2.58 bits per heavy atom. The van der Waals surface area contributed by atoms with Crippen molar-refractivity contribution in [1.29, 1.82) is 0 Å². The van der Waals surface area contributed by atoms with Gasteiger partial charge in [-0.3, -0.25) is 0 Å². The maximum Gasteiger partial charge on any atom is 0.321 e. The van der Waals surface area contributed by atoms with Gasteiger partial charge < -0.3 is 19.5 Å². The molecule has 5 nitrogen and oxygen atoms in total. The summed E-state index contributed by atoms with van der Waals surface area (Å²) in [4.78, 5) is 13.8. The van der Waals surface area contributed by atoms with E-state index < -0.39 is 0 Å². The van der Waals surface area contributed by atoms with Gasteiger partial charge >= 0.3 is 6.03 Å². The van der Waals surface area contributed by atoms with Crippen LogP contribution in [-0.2, 0) is 0 Å². The van der Waals surface area contributed by atoms with Gasteiger partial charge in [-0.1, -0.05) is 6.07 Å². The van der Waals surface area contributed by atoms with Gasteiger partial charge in [-0.05, 0) is 54.6 Å². The molecule has 0 aliphatic rings. The lowest BCUT2D eigenvalue weighted by atomic mass is 10.2. The highest BCUT2D eigenvalue weighted by Gasteiger charge is 2.09. The van der Waals surface area contributed by atoms with Crippen LogP contribution in [0.3, 0.4) is 0 Å². The predicted octanol–water partition coefficient (Wildman–Crippen LogP) is 4.16. The number of likely N-dealkylation sites (N-methyl/N-ethyl adjacent to an activating group) is 1. The number of nitrogens with zero attached hydrogens (tertiary/aromatic N) is 2. The topological polar surface area (TPSA) is 46.5 Å². The highest BCUT2D eigenvalue weighted by molar-refractivity contribution is 5.89. The van der Waals surface area contributed by atoms with Crippen LogP contribution in [0.4, 0.5) is 14.9 Å². The minimum Gasteiger partial charge on any atom is -0.492 e. The van der Waals surface area contributed by atoms with Gasteiger partial charge in [0.2, 0.25) is 0 Å². The minimum absolute atomic E-state index is 0.225. The molecule has 3 aromatic rings. The molecule has 2 aromatic carbocycles. The number of halogens is 1. The van der Waals surface area contributed by atoms with E-state index in [1.54, 1.807) is 19.2 Å². The number of rotatable bonds is 6. The molecule has 0 spiro atoms. The lowest BCUT2D eigenvalue weighted by molar-refractivity contribution is 0.207. The van der Waals surface area contributed by atoms with E-state index in [4.69, 9.17) is 4.74 Å². The molecule has 2 amide bonds. The molecule has 3 rings (SSSR count). The molecule has 0 saturated carbocycles. The number of carbonyl (C=O) groups excluding carboxylic acids is 1. The molecular formula is C20H20FN3O2. The largest absolute Gasteiger partial charge is 0.492 e. The Kier molecular flexibility index (Phi) is 5.53. The summed E-state index contributed by atoms with van der Waals surface area (Å²) in [6.45, 7) is 0.722. The Bertz CT molecular complexity index is 848. The molecule has 1 N–H and O–H groups in total. The second kappa shape index (κ2) is 8.20. The van der Waals surface area contributed by atoms with E-state index in [1.165, 1.54) is 17.0 Å². The zero-order valence-corrected chi connectivity index (χ0v) is 14.4. The summed E-state index contributed by atoms with van der Waals surface area (Å²) in [6.07, 6.45) is 3.89. The molecule has 0 atom stereocenters. The van der Waals surface area contributed by atoms with Crippen molar-refractivity contribution in [3.05, 3.63) is 78.9 Å². The van der Waals surface area contributed by atoms with Gasteiger partial charge in [0.1, 0.15) is 18.2 Å². The summed E-state index contributed by atoms with van der Waals surface area (Å²) in [5.74, 6) is 0.260. The van der Waals surface area contributed by atoms with Gasteiger partial charge in [0.05, 0.1) is 6.54 Å². The van der Waals surface area contributed by atoms with Crippen LogP contribution in [-0.4, -0.2) is 35.7 Å². The number of amides is 2. The van der Waals surface area contributed by atoms with Gasteiger partial charge in [-0.2, -0.15) is 0 Å². The highest BCUT2D eigenvalue weighted by atomic mass is 19.1. The van der Waals surface area contributed by atoms with E-state index >= 15 is 0 Å². The van der Waals surface area contributed by atoms with Gasteiger partial charge in [-0.25, -0.2) is 9.18 Å². The third kappa shape index (κ3) is 4.63. The van der Waals surface area contributed by atoms with Crippen molar-refractivity contribution in [3.8, 4) is 11.4 Å². The van der Waals surface area contributed by atoms with Crippen LogP contribution in [0.15, 0.2) is 73.1 Å². The quantitative estimate of drug-likeness (QED) is 0.723. The molecule has 6 heteroatoms. The first kappa shape index (κ1) is 17.5. The summed E-state index contributed by atoms with van der Waals surface area (Å²) in [5, 5.41) is 2.87. The minimum atomic E-state index is -0.309. The van der Waals surface area contributed by atoms with Crippen molar-refractivity contribution in [1.82, 2.24) is 9.47 Å². The van der Waals surface area contributed by atoms with Crippen LogP contribution < -0.4 is 10.1 Å². The van der Waals surface area contributed by atoms with E-state index in [0.717, 1.165) is 5.69 Å². The van der Waals surface area contributed by atoms with Crippen molar-refractivity contribution in [3.63, 3.8) is 0 Å². The molecule has 0 saturated heterocycles. The Labute approximate surface area is 151 Å². The fourth-order valence-corrected chi connectivity index (χ4v) is 2.40. The number of aromatic nitrogens is 1. The normalized spacial score (nSPS) is 10.4. The number of carbonyl (C=O) groups is 1. The predicted molar refractivity (Wildman–Crippen MR) is 99.3 cm³/mol. The number of hydrogen-bond donors (Lipinski definition) is 1. The third-order valence-corrected chi connectivity index (χ3v) is 3.86. The average molecular weight is 353 g/mol. The Balaban J connectivity index is 1.51. The fourth-order valence-electron chi connectivity index (χ4n) is 2.40. The van der Waals surface area contributed by atoms with E-state index in [9.17, 15) is 9.18 Å². The average Bonchev–Trinajstić information content (AvgIpc) is 3.18. The SMILES string of the molecule is CN(CCOc1ccc(F)cc1)C(=O)Nc1cccc(-n2cccc2)c1. The molecule has 0 aliphatic carbocycles. The van der Waals surface area contributed by atoms with E-state index in [-0.39, 0.29) is 11.8 Å². The first-order valence-electron chi connectivity index (χ1n) is 8.26. The zero-order chi connectivity index (χ0) is 18.4. The van der Waals surface area contributed by atoms with Crippen molar-refractivity contribution in [2.24, 2.45) is 0 Å². The first-order chi connectivity index (χ1) is 12.6. The van der Waals surface area contributed by atoms with Crippen LogP contribution in [0, 0.1) is 5.82 Å². The number of anilines is 1. The number of nitrogens with one attached hydrogen (secondary N) is 1. The van der Waals surface area contributed by atoms with Crippen LogP contribution in [0.2, 0.25) is 0 Å². The van der Waals surface area contributed by atoms with Crippen LogP contribution in [0.5, 0.6) is 5.75 Å². The third-order valence-electron chi connectivity index (χ3n) is 3.86. The number of ether oxygens (including phenoxy) is 1. The summed E-state index contributed by atoms with van der Waals surface area (Å²) in [5.41, 5.74) is 1.68. The zero-order valence-electron chi connectivity index (χ0n) is 14.4. The number of benzene rings is 2. The van der Waals surface area contributed by atoms with Crippen molar-refractivity contribution >= 4 is 11.7 Å². The molecule has 134 valence electrons. The molecular weight excluding hydrogens is 333 g/mol. The Morgan fingerprint density at radius 1 is 1.12 bits per heavy atom. The van der Waals surface area contributed by atoms with Gasteiger partial charge in [-0.15, -0.1) is 0 Å². The lowest BCUT2D eigenvalue weighted by Gasteiger charge is -2.18. The second-order valence-electron chi connectivity index (χ2n) is 5.79. The maximum absolute atomic E-state index is 12.8. The molecule has 0 unspecified atom stereocenters. The summed E-state index contributed by atoms with van der Waals surface area (Å²) >= 11 is 0. The fraction of sp³-hybridized carbons (Fsp3) is 0.150. The van der Waals surface area contributed by atoms with Crippen molar-refractivity contribution < 1.29 is 13.9 Å². The van der Waals surface area contributed by atoms with Gasteiger partial charge in [0.15, 0.2) is 0 Å². The number of urea groups is 1. The monoisotopic (exact) mass is 353 g/mol. The summed E-state index contributed by atoms with van der Waals surface area (Å²) < 4.78 is 20.3. The van der Waals surface area contributed by atoms with Crippen LogP contribution in [0.25, 0.3) is 5.69 Å². The highest BCUT2D eigenvalue weighted by Crippen LogP contribution is 2.15. The maximum atomic E-state index is 12.8. The van der Waals surface area contributed by atoms with Crippen molar-refractivity contribution in [2.45, 2.75) is 0 Å². The first-order valence-corrected chi connectivity index (χ1v) is 8.26. The molecule has 0 fully saturated rings. The molecule has 0 bridgehead atoms. The summed E-state index contributed by atoms with van der Waals surface area (Å²) in [7, 11) is 1.69. The number of hydrogen-bond acceptors (Lipinski definition) is 2. The lowest BCUT2D eigenvalue weighted by Crippen LogP contribution is -2.34. The van der Waals surface area contributed by atoms with E-state index in [0.29, 0.717) is 24.6 Å². The molecule has 0 aliphatic heterocycles. The van der Waals surface area contributed by atoms with E-state index in [2.05, 4.69) is 5.32 Å². The summed E-state index contributed by atoms with van der Waals surface area (Å²) in [6, 6.07) is 17.1. The second-order valence-corrected chi connectivity index (χ2v) is 5.79. The Hall–Kier alpha value is -3.28. The standard InChI is InChI=1S/C20H20FN3O2/c1-23(13-14-26-19-9-7-16(21)8-10-19)20(25)22-17-5-4-6-18(15-17)24-11-2-3-12-24/h2-12,15H,13-14H2,1H3,(H,22,25).